The molecular weight excluding hydrogens is 402 g/mol. The Bertz CT molecular complexity index is 941. The first-order chi connectivity index (χ1) is 13.1. The number of benzene rings is 3. The van der Waals surface area contributed by atoms with Gasteiger partial charge in [0.15, 0.2) is 0 Å². The quantitative estimate of drug-likeness (QED) is 0.602. The second kappa shape index (κ2) is 7.83. The summed E-state index contributed by atoms with van der Waals surface area (Å²) >= 11 is 3.53. The fourth-order valence-corrected chi connectivity index (χ4v) is 4.39. The number of hydrogen-bond donors (Lipinski definition) is 1. The van der Waals surface area contributed by atoms with Gasteiger partial charge in [-0.15, -0.1) is 0 Å². The van der Waals surface area contributed by atoms with Gasteiger partial charge in [0.05, 0.1) is 12.0 Å². The van der Waals surface area contributed by atoms with Gasteiger partial charge in [0, 0.05) is 4.47 Å². The molecule has 0 aliphatic carbocycles. The van der Waals surface area contributed by atoms with E-state index in [1.165, 1.54) is 21.9 Å². The molecule has 0 spiro atoms. The number of fused-ring (bicyclic) bond motifs is 1. The highest BCUT2D eigenvalue weighted by atomic mass is 79.9. The Kier molecular flexibility index (Phi) is 5.28. The van der Waals surface area contributed by atoms with E-state index in [0.717, 1.165) is 17.6 Å². The number of carboxylic acids is 1. The van der Waals surface area contributed by atoms with Crippen molar-refractivity contribution in [2.75, 3.05) is 13.1 Å². The number of likely N-dealkylation sites (tertiary alicyclic amines) is 1. The number of piperidine rings is 1. The summed E-state index contributed by atoms with van der Waals surface area (Å²) in [6.45, 7) is 1.59. The molecule has 1 aliphatic rings. The topological polar surface area (TPSA) is 40.5 Å². The normalized spacial score (nSPS) is 17.1. The molecule has 1 unspecified atom stereocenters. The number of hydrogen-bond acceptors (Lipinski definition) is 2. The van der Waals surface area contributed by atoms with E-state index < -0.39 is 5.97 Å². The highest BCUT2D eigenvalue weighted by Gasteiger charge is 2.30. The van der Waals surface area contributed by atoms with Gasteiger partial charge in [-0.2, -0.15) is 0 Å². The van der Waals surface area contributed by atoms with Crippen LogP contribution < -0.4 is 0 Å². The predicted molar refractivity (Wildman–Crippen MR) is 112 cm³/mol. The molecule has 1 aliphatic heterocycles. The number of carboxylic acid groups (broad SMARTS) is 1. The Labute approximate surface area is 167 Å². The molecule has 1 fully saturated rings. The average Bonchev–Trinajstić information content (AvgIpc) is 2.70. The van der Waals surface area contributed by atoms with E-state index >= 15 is 0 Å². The zero-order valence-electron chi connectivity index (χ0n) is 15.0. The highest BCUT2D eigenvalue weighted by molar-refractivity contribution is 9.10. The number of carbonyl (C=O) groups is 1. The van der Waals surface area contributed by atoms with Crippen LogP contribution >= 0.6 is 15.9 Å². The Hall–Kier alpha value is -2.17. The highest BCUT2D eigenvalue weighted by Crippen LogP contribution is 2.36. The largest absolute Gasteiger partial charge is 0.481 e. The summed E-state index contributed by atoms with van der Waals surface area (Å²) in [7, 11) is 0. The van der Waals surface area contributed by atoms with Crippen molar-refractivity contribution in [2.45, 2.75) is 18.9 Å². The fourth-order valence-electron chi connectivity index (χ4n) is 4.13. The third-order valence-corrected chi connectivity index (χ3v) is 6.08. The summed E-state index contributed by atoms with van der Waals surface area (Å²) in [4.78, 5) is 13.8. The lowest BCUT2D eigenvalue weighted by Crippen LogP contribution is -2.39. The van der Waals surface area contributed by atoms with Crippen LogP contribution in [0.2, 0.25) is 0 Å². The van der Waals surface area contributed by atoms with E-state index in [4.69, 9.17) is 0 Å². The maximum Gasteiger partial charge on any atom is 0.306 e. The third kappa shape index (κ3) is 3.78. The molecule has 0 aromatic heterocycles. The first kappa shape index (κ1) is 18.2. The summed E-state index contributed by atoms with van der Waals surface area (Å²) in [5, 5.41) is 11.8. The van der Waals surface area contributed by atoms with E-state index in [9.17, 15) is 9.90 Å². The van der Waals surface area contributed by atoms with Gasteiger partial charge in [-0.1, -0.05) is 70.5 Å². The Morgan fingerprint density at radius 2 is 1.63 bits per heavy atom. The van der Waals surface area contributed by atoms with Gasteiger partial charge in [-0.05, 0) is 60.0 Å². The second-order valence-electron chi connectivity index (χ2n) is 7.17. The van der Waals surface area contributed by atoms with Gasteiger partial charge in [0.25, 0.3) is 0 Å². The molecule has 138 valence electrons. The van der Waals surface area contributed by atoms with E-state index in [0.29, 0.717) is 12.8 Å². The molecule has 1 saturated heterocycles. The molecule has 0 radical (unpaired) electrons. The average molecular weight is 424 g/mol. The van der Waals surface area contributed by atoms with Crippen LogP contribution in [0.15, 0.2) is 71.2 Å². The maximum absolute atomic E-state index is 11.4. The van der Waals surface area contributed by atoms with Crippen molar-refractivity contribution in [3.63, 3.8) is 0 Å². The standard InChI is InChI=1S/C23H22BrNO2/c24-19-10-8-17(9-11-19)22(25-14-12-18(13-15-25)23(26)27)21-7-3-5-16-4-1-2-6-20(16)21/h1-11,18,22H,12-15H2,(H,26,27). The molecular formula is C23H22BrNO2. The molecule has 0 saturated carbocycles. The molecule has 1 N–H and O–H groups in total. The number of halogens is 1. The van der Waals surface area contributed by atoms with E-state index in [-0.39, 0.29) is 12.0 Å². The third-order valence-electron chi connectivity index (χ3n) is 5.55. The Morgan fingerprint density at radius 3 is 2.33 bits per heavy atom. The van der Waals surface area contributed by atoms with Crippen LogP contribution in [-0.4, -0.2) is 29.1 Å². The van der Waals surface area contributed by atoms with Crippen LogP contribution in [0.4, 0.5) is 0 Å². The minimum atomic E-state index is -0.667. The molecule has 1 heterocycles. The van der Waals surface area contributed by atoms with E-state index in [1.54, 1.807) is 0 Å². The zero-order chi connectivity index (χ0) is 18.8. The lowest BCUT2D eigenvalue weighted by Gasteiger charge is -2.37. The lowest BCUT2D eigenvalue weighted by molar-refractivity contribution is -0.143. The van der Waals surface area contributed by atoms with Gasteiger partial charge < -0.3 is 5.11 Å². The van der Waals surface area contributed by atoms with Crippen molar-refractivity contribution in [1.29, 1.82) is 0 Å². The predicted octanol–water partition coefficient (Wildman–Crippen LogP) is 5.49. The number of rotatable bonds is 4. The molecule has 3 nitrogen and oxygen atoms in total. The smallest absolute Gasteiger partial charge is 0.306 e. The first-order valence-electron chi connectivity index (χ1n) is 9.33. The van der Waals surface area contributed by atoms with Crippen molar-refractivity contribution >= 4 is 32.7 Å². The Morgan fingerprint density at radius 1 is 0.963 bits per heavy atom. The zero-order valence-corrected chi connectivity index (χ0v) is 16.6. The van der Waals surface area contributed by atoms with Crippen LogP contribution in [0.25, 0.3) is 10.8 Å². The number of aliphatic carboxylic acids is 1. The van der Waals surface area contributed by atoms with E-state index in [1.807, 2.05) is 0 Å². The van der Waals surface area contributed by atoms with Gasteiger partial charge in [0.2, 0.25) is 0 Å². The van der Waals surface area contributed by atoms with Gasteiger partial charge >= 0.3 is 5.97 Å². The minimum Gasteiger partial charge on any atom is -0.481 e. The van der Waals surface area contributed by atoms with Crippen LogP contribution in [0.3, 0.4) is 0 Å². The van der Waals surface area contributed by atoms with Gasteiger partial charge in [-0.25, -0.2) is 0 Å². The summed E-state index contributed by atoms with van der Waals surface area (Å²) in [5.41, 5.74) is 2.52. The molecule has 4 heteroatoms. The van der Waals surface area contributed by atoms with Crippen LogP contribution in [0.5, 0.6) is 0 Å². The first-order valence-corrected chi connectivity index (χ1v) is 10.1. The molecule has 27 heavy (non-hydrogen) atoms. The van der Waals surface area contributed by atoms with Gasteiger partial charge in [0.1, 0.15) is 0 Å². The summed E-state index contributed by atoms with van der Waals surface area (Å²) < 4.78 is 1.06. The summed E-state index contributed by atoms with van der Waals surface area (Å²) in [6.07, 6.45) is 1.40. The fraction of sp³-hybridized carbons (Fsp3) is 0.261. The van der Waals surface area contributed by atoms with Gasteiger partial charge in [-0.3, -0.25) is 9.69 Å². The van der Waals surface area contributed by atoms with Crippen LogP contribution in [0.1, 0.15) is 30.0 Å². The van der Waals surface area contributed by atoms with Crippen molar-refractivity contribution < 1.29 is 9.90 Å². The van der Waals surface area contributed by atoms with Crippen molar-refractivity contribution in [3.8, 4) is 0 Å². The maximum atomic E-state index is 11.4. The SMILES string of the molecule is O=C(O)C1CCN(C(c2ccc(Br)cc2)c2cccc3ccccc23)CC1. The monoisotopic (exact) mass is 423 g/mol. The minimum absolute atomic E-state index is 0.124. The van der Waals surface area contributed by atoms with Crippen LogP contribution in [0, 0.1) is 5.92 Å². The molecule has 0 amide bonds. The molecule has 4 rings (SSSR count). The van der Waals surface area contributed by atoms with E-state index in [2.05, 4.69) is 87.6 Å². The van der Waals surface area contributed by atoms with Crippen molar-refractivity contribution in [3.05, 3.63) is 82.3 Å². The van der Waals surface area contributed by atoms with Crippen molar-refractivity contribution in [2.24, 2.45) is 5.92 Å². The second-order valence-corrected chi connectivity index (χ2v) is 8.09. The molecule has 3 aromatic carbocycles. The lowest BCUT2D eigenvalue weighted by atomic mass is 9.89. The number of nitrogens with zero attached hydrogens (tertiary/aromatic N) is 1. The van der Waals surface area contributed by atoms with Crippen molar-refractivity contribution in [1.82, 2.24) is 4.90 Å². The van der Waals surface area contributed by atoms with Crippen LogP contribution in [-0.2, 0) is 4.79 Å². The Balaban J connectivity index is 1.77. The molecule has 3 aromatic rings. The summed E-state index contributed by atoms with van der Waals surface area (Å²) in [5.74, 6) is -0.890. The molecule has 1 atom stereocenters. The molecule has 0 bridgehead atoms. The summed E-state index contributed by atoms with van der Waals surface area (Å²) in [6, 6.07) is 23.6.